The number of aryl methyl sites for hydroxylation is 3. The molecular weight excluding hydrogens is 468 g/mol. The average Bonchev–Trinajstić information content (AvgIpc) is 3.12. The van der Waals surface area contributed by atoms with Crippen molar-refractivity contribution >= 4 is 32.3 Å². The fourth-order valence-corrected chi connectivity index (χ4v) is 7.11. The van der Waals surface area contributed by atoms with Crippen LogP contribution in [0.25, 0.3) is 42.7 Å². The number of nitrogens with zero attached hydrogens (tertiary/aromatic N) is 2. The molecule has 0 fully saturated rings. The smallest absolute Gasteiger partial charge is 0.116 e. The number of rotatable bonds is 3. The fraction of sp³-hybridized carbons (Fsp3) is 0.353. The molecule has 0 amide bonds. The van der Waals surface area contributed by atoms with E-state index in [1.165, 1.54) is 53.7 Å². The number of hydrogen-bond donors (Lipinski definition) is 0. The van der Waals surface area contributed by atoms with Gasteiger partial charge in [-0.3, -0.25) is 0 Å². The summed E-state index contributed by atoms with van der Waals surface area (Å²) < 4.78 is 1.17. The molecule has 0 saturated carbocycles. The van der Waals surface area contributed by atoms with Crippen molar-refractivity contribution in [1.29, 1.82) is 0 Å². The third kappa shape index (κ3) is 4.82. The zero-order chi connectivity index (χ0) is 26.7. The molecule has 0 aliphatic heterocycles. The predicted molar refractivity (Wildman–Crippen MR) is 162 cm³/mol. The Hall–Kier alpha value is -3.04. The second-order valence-electron chi connectivity index (χ2n) is 12.8. The van der Waals surface area contributed by atoms with Crippen LogP contribution in [0.2, 0.25) is 0 Å². The first kappa shape index (κ1) is 25.6. The van der Waals surface area contributed by atoms with Crippen molar-refractivity contribution in [3.05, 3.63) is 82.7 Å². The third-order valence-electron chi connectivity index (χ3n) is 7.20. The summed E-state index contributed by atoms with van der Waals surface area (Å²) in [7, 11) is 0. The standard InChI is InChI=1S/C34H38N2S/c1-20-14-23(18-33(4,5)6)15-21(2)28(20)31-22(3)29-32(37-31)30(36-19-35-29)25-16-24-12-10-11-13-26(24)27(17-25)34(7,8)9/h10-17,19H,18H2,1-9H3. The molecule has 0 N–H and O–H groups in total. The molecule has 0 aliphatic rings. The van der Waals surface area contributed by atoms with Gasteiger partial charge in [-0.05, 0) is 94.3 Å². The number of aromatic nitrogens is 2. The van der Waals surface area contributed by atoms with Crippen molar-refractivity contribution in [2.45, 2.75) is 74.1 Å². The highest BCUT2D eigenvalue weighted by atomic mass is 32.1. The van der Waals surface area contributed by atoms with Crippen LogP contribution in [0.15, 0.2) is 54.9 Å². The summed E-state index contributed by atoms with van der Waals surface area (Å²) in [6.45, 7) is 20.5. The highest BCUT2D eigenvalue weighted by Crippen LogP contribution is 2.44. The van der Waals surface area contributed by atoms with Gasteiger partial charge in [-0.15, -0.1) is 11.3 Å². The van der Waals surface area contributed by atoms with E-state index in [1.54, 1.807) is 6.33 Å². The van der Waals surface area contributed by atoms with Crippen molar-refractivity contribution in [3.8, 4) is 21.7 Å². The first-order valence-corrected chi connectivity index (χ1v) is 14.0. The Morgan fingerprint density at radius 1 is 0.811 bits per heavy atom. The quantitative estimate of drug-likeness (QED) is 0.243. The Kier molecular flexibility index (Phi) is 6.27. The van der Waals surface area contributed by atoms with Crippen LogP contribution < -0.4 is 0 Å². The molecule has 3 aromatic carbocycles. The molecule has 2 aromatic heterocycles. The molecule has 2 heterocycles. The predicted octanol–water partition coefficient (Wildman–Crippen LogP) is 9.99. The van der Waals surface area contributed by atoms with Gasteiger partial charge in [0.15, 0.2) is 0 Å². The maximum absolute atomic E-state index is 4.85. The van der Waals surface area contributed by atoms with E-state index in [9.17, 15) is 0 Å². The fourth-order valence-electron chi connectivity index (χ4n) is 5.66. The molecule has 0 spiro atoms. The van der Waals surface area contributed by atoms with Gasteiger partial charge in [0.2, 0.25) is 0 Å². The lowest BCUT2D eigenvalue weighted by molar-refractivity contribution is 0.411. The molecule has 0 unspecified atom stereocenters. The van der Waals surface area contributed by atoms with Crippen LogP contribution in [0, 0.1) is 26.2 Å². The minimum Gasteiger partial charge on any atom is -0.235 e. The molecule has 0 aliphatic carbocycles. The first-order valence-electron chi connectivity index (χ1n) is 13.2. The Bertz CT molecular complexity index is 1620. The zero-order valence-corrected chi connectivity index (χ0v) is 24.5. The van der Waals surface area contributed by atoms with Crippen molar-refractivity contribution in [2.75, 3.05) is 0 Å². The van der Waals surface area contributed by atoms with Crippen molar-refractivity contribution < 1.29 is 0 Å². The minimum atomic E-state index is 0.0291. The van der Waals surface area contributed by atoms with E-state index in [0.717, 1.165) is 23.2 Å². The van der Waals surface area contributed by atoms with Gasteiger partial charge in [-0.25, -0.2) is 9.97 Å². The van der Waals surface area contributed by atoms with Gasteiger partial charge < -0.3 is 0 Å². The Morgan fingerprint density at radius 3 is 2.14 bits per heavy atom. The van der Waals surface area contributed by atoms with Crippen LogP contribution >= 0.6 is 11.3 Å². The molecule has 2 nitrogen and oxygen atoms in total. The van der Waals surface area contributed by atoms with Gasteiger partial charge in [-0.2, -0.15) is 0 Å². The number of thiophene rings is 1. The second kappa shape index (κ2) is 9.06. The maximum atomic E-state index is 4.85. The molecule has 3 heteroatoms. The van der Waals surface area contributed by atoms with E-state index in [4.69, 9.17) is 9.97 Å². The van der Waals surface area contributed by atoms with E-state index < -0.39 is 0 Å². The van der Waals surface area contributed by atoms with Gasteiger partial charge in [0.05, 0.1) is 15.9 Å². The summed E-state index contributed by atoms with van der Waals surface area (Å²) in [5, 5.41) is 2.57. The lowest BCUT2D eigenvalue weighted by atomic mass is 9.82. The zero-order valence-electron chi connectivity index (χ0n) is 23.7. The lowest BCUT2D eigenvalue weighted by Gasteiger charge is -2.22. The summed E-state index contributed by atoms with van der Waals surface area (Å²) in [5.74, 6) is 0. The molecule has 5 aromatic rings. The SMILES string of the molecule is Cc1cc(CC(C)(C)C)cc(C)c1-c1sc2c(-c3cc(C(C)(C)C)c4ccccc4c3)ncnc2c1C. The molecule has 37 heavy (non-hydrogen) atoms. The summed E-state index contributed by atoms with van der Waals surface area (Å²) in [6, 6.07) is 18.1. The lowest BCUT2D eigenvalue weighted by Crippen LogP contribution is -2.12. The van der Waals surface area contributed by atoms with E-state index in [0.29, 0.717) is 0 Å². The Labute approximate surface area is 225 Å². The monoisotopic (exact) mass is 506 g/mol. The van der Waals surface area contributed by atoms with E-state index in [-0.39, 0.29) is 10.8 Å². The van der Waals surface area contributed by atoms with Gasteiger partial charge >= 0.3 is 0 Å². The topological polar surface area (TPSA) is 25.8 Å². The normalized spacial score (nSPS) is 12.6. The largest absolute Gasteiger partial charge is 0.235 e. The Morgan fingerprint density at radius 2 is 1.49 bits per heavy atom. The Balaban J connectivity index is 1.71. The van der Waals surface area contributed by atoms with Crippen molar-refractivity contribution in [1.82, 2.24) is 9.97 Å². The minimum absolute atomic E-state index is 0.0291. The summed E-state index contributed by atoms with van der Waals surface area (Å²) in [5.41, 5.74) is 11.6. The van der Waals surface area contributed by atoms with Crippen LogP contribution in [0.1, 0.15) is 69.4 Å². The second-order valence-corrected chi connectivity index (χ2v) is 13.8. The number of benzene rings is 3. The number of hydrogen-bond acceptors (Lipinski definition) is 3. The van der Waals surface area contributed by atoms with Crippen LogP contribution in [0.4, 0.5) is 0 Å². The van der Waals surface area contributed by atoms with E-state index in [1.807, 2.05) is 11.3 Å². The molecule has 0 saturated heterocycles. The van der Waals surface area contributed by atoms with Crippen molar-refractivity contribution in [2.24, 2.45) is 5.41 Å². The van der Waals surface area contributed by atoms with E-state index >= 15 is 0 Å². The van der Waals surface area contributed by atoms with Crippen LogP contribution in [-0.4, -0.2) is 9.97 Å². The number of fused-ring (bicyclic) bond motifs is 2. The molecule has 0 radical (unpaired) electrons. The molecule has 0 bridgehead atoms. The molecule has 190 valence electrons. The molecule has 0 atom stereocenters. The van der Waals surface area contributed by atoms with Crippen molar-refractivity contribution in [3.63, 3.8) is 0 Å². The van der Waals surface area contributed by atoms with Crippen LogP contribution in [-0.2, 0) is 11.8 Å². The van der Waals surface area contributed by atoms with E-state index in [2.05, 4.69) is 111 Å². The van der Waals surface area contributed by atoms with Gasteiger partial charge in [-0.1, -0.05) is 77.9 Å². The summed E-state index contributed by atoms with van der Waals surface area (Å²) in [6.07, 6.45) is 2.81. The summed E-state index contributed by atoms with van der Waals surface area (Å²) in [4.78, 5) is 10.9. The van der Waals surface area contributed by atoms with Crippen LogP contribution in [0.3, 0.4) is 0 Å². The third-order valence-corrected chi connectivity index (χ3v) is 8.51. The molecular formula is C34H38N2S. The first-order chi connectivity index (χ1) is 17.3. The van der Waals surface area contributed by atoms with Gasteiger partial charge in [0.25, 0.3) is 0 Å². The average molecular weight is 507 g/mol. The molecule has 5 rings (SSSR count). The highest BCUT2D eigenvalue weighted by molar-refractivity contribution is 7.23. The highest BCUT2D eigenvalue weighted by Gasteiger charge is 2.22. The van der Waals surface area contributed by atoms with Gasteiger partial charge in [0, 0.05) is 10.4 Å². The van der Waals surface area contributed by atoms with Gasteiger partial charge in [0.1, 0.15) is 6.33 Å². The summed E-state index contributed by atoms with van der Waals surface area (Å²) >= 11 is 1.84. The van der Waals surface area contributed by atoms with Crippen LogP contribution in [0.5, 0.6) is 0 Å². The maximum Gasteiger partial charge on any atom is 0.116 e.